The van der Waals surface area contributed by atoms with E-state index in [1.54, 1.807) is 92.1 Å². The maximum absolute atomic E-state index is 13.4. The van der Waals surface area contributed by atoms with E-state index in [1.807, 2.05) is 31.2 Å². The van der Waals surface area contributed by atoms with Gasteiger partial charge in [-0.05, 0) is 73.7 Å². The van der Waals surface area contributed by atoms with Crippen LogP contribution in [0.25, 0.3) is 12.2 Å². The molecule has 0 saturated carbocycles. The molecule has 0 spiro atoms. The predicted molar refractivity (Wildman–Crippen MR) is 167 cm³/mol. The van der Waals surface area contributed by atoms with Crippen LogP contribution in [0.4, 0.5) is 5.69 Å². The lowest BCUT2D eigenvalue weighted by molar-refractivity contribution is -0.113. The van der Waals surface area contributed by atoms with E-state index in [0.29, 0.717) is 51.8 Å². The van der Waals surface area contributed by atoms with Gasteiger partial charge in [-0.1, -0.05) is 48.5 Å². The first-order valence-electron chi connectivity index (χ1n) is 13.6. The number of methoxy groups -OCH3 is 2. The molecule has 0 aromatic heterocycles. The average Bonchev–Trinajstić information content (AvgIpc) is 3.04. The first kappa shape index (κ1) is 30.3. The highest BCUT2D eigenvalue weighted by atomic mass is 16.5. The minimum atomic E-state index is -0.542. The molecule has 0 unspecified atom stereocenters. The zero-order valence-corrected chi connectivity index (χ0v) is 24.1. The van der Waals surface area contributed by atoms with E-state index in [9.17, 15) is 14.4 Å². The van der Waals surface area contributed by atoms with Crippen LogP contribution in [0.5, 0.6) is 17.2 Å². The predicted octanol–water partition coefficient (Wildman–Crippen LogP) is 6.41. The summed E-state index contributed by atoms with van der Waals surface area (Å²) in [6.45, 7) is 2.31. The van der Waals surface area contributed by atoms with Gasteiger partial charge in [0.2, 0.25) is 0 Å². The number of para-hydroxylation sites is 2. The highest BCUT2D eigenvalue weighted by molar-refractivity contribution is 6.11. The van der Waals surface area contributed by atoms with Gasteiger partial charge in [0.25, 0.3) is 11.8 Å². The molecule has 2 amide bonds. The summed E-state index contributed by atoms with van der Waals surface area (Å²) in [5, 5.41) is 5.52. The third-order valence-corrected chi connectivity index (χ3v) is 6.32. The molecule has 0 bridgehead atoms. The largest absolute Gasteiger partial charge is 0.493 e. The van der Waals surface area contributed by atoms with Crippen molar-refractivity contribution < 1.29 is 28.6 Å². The quantitative estimate of drug-likeness (QED) is 0.149. The molecule has 0 aliphatic heterocycles. The van der Waals surface area contributed by atoms with E-state index in [4.69, 9.17) is 14.2 Å². The summed E-state index contributed by atoms with van der Waals surface area (Å²) >= 11 is 0. The SMILES string of the molecule is CCOc1ccccc1/C=C(\NC(=O)c1ccccc1)C(=O)Nc1ccc(C(=O)/C=C/c2cccc(OC)c2OC)cc1. The number of allylic oxidation sites excluding steroid dienone is 1. The summed E-state index contributed by atoms with van der Waals surface area (Å²) in [7, 11) is 3.09. The van der Waals surface area contributed by atoms with Crippen LogP contribution < -0.4 is 24.8 Å². The second-order valence-electron chi connectivity index (χ2n) is 9.16. The van der Waals surface area contributed by atoms with Gasteiger partial charge in [0.1, 0.15) is 11.4 Å². The van der Waals surface area contributed by atoms with E-state index in [-0.39, 0.29) is 11.5 Å². The van der Waals surface area contributed by atoms with E-state index in [1.165, 1.54) is 13.2 Å². The zero-order valence-electron chi connectivity index (χ0n) is 24.1. The fraction of sp³-hybridized carbons (Fsp3) is 0.114. The molecule has 0 aliphatic carbocycles. The smallest absolute Gasteiger partial charge is 0.272 e. The van der Waals surface area contributed by atoms with Crippen molar-refractivity contribution >= 4 is 35.4 Å². The molecule has 0 heterocycles. The monoisotopic (exact) mass is 576 g/mol. The van der Waals surface area contributed by atoms with E-state index in [2.05, 4.69) is 10.6 Å². The third kappa shape index (κ3) is 7.98. The van der Waals surface area contributed by atoms with Gasteiger partial charge in [0.05, 0.1) is 20.8 Å². The van der Waals surface area contributed by atoms with Crippen LogP contribution in [0.2, 0.25) is 0 Å². The Labute approximate surface area is 250 Å². The van der Waals surface area contributed by atoms with Crippen LogP contribution in [0, 0.1) is 0 Å². The van der Waals surface area contributed by atoms with Crippen molar-refractivity contribution in [1.29, 1.82) is 0 Å². The van der Waals surface area contributed by atoms with Crippen molar-refractivity contribution in [2.45, 2.75) is 6.92 Å². The maximum Gasteiger partial charge on any atom is 0.272 e. The maximum atomic E-state index is 13.4. The van der Waals surface area contributed by atoms with Crippen LogP contribution >= 0.6 is 0 Å². The molecule has 8 nitrogen and oxygen atoms in total. The summed E-state index contributed by atoms with van der Waals surface area (Å²) in [4.78, 5) is 39.2. The van der Waals surface area contributed by atoms with Crippen molar-refractivity contribution in [2.24, 2.45) is 0 Å². The third-order valence-electron chi connectivity index (χ3n) is 6.32. The Morgan fingerprint density at radius 2 is 1.40 bits per heavy atom. The first-order chi connectivity index (χ1) is 20.9. The average molecular weight is 577 g/mol. The molecule has 0 aliphatic rings. The van der Waals surface area contributed by atoms with Gasteiger partial charge in [0.15, 0.2) is 17.3 Å². The van der Waals surface area contributed by atoms with Crippen LogP contribution in [0.15, 0.2) is 109 Å². The second kappa shape index (κ2) is 14.8. The number of carbonyl (C=O) groups is 3. The number of rotatable bonds is 12. The van der Waals surface area contributed by atoms with Gasteiger partial charge in [-0.15, -0.1) is 0 Å². The van der Waals surface area contributed by atoms with Gasteiger partial charge in [-0.2, -0.15) is 0 Å². The minimum absolute atomic E-state index is 0.0244. The number of benzene rings is 4. The van der Waals surface area contributed by atoms with E-state index >= 15 is 0 Å². The van der Waals surface area contributed by atoms with Crippen LogP contribution in [0.1, 0.15) is 38.8 Å². The number of carbonyl (C=O) groups excluding carboxylic acids is 3. The Morgan fingerprint density at radius 3 is 2.09 bits per heavy atom. The second-order valence-corrected chi connectivity index (χ2v) is 9.16. The van der Waals surface area contributed by atoms with Crippen molar-refractivity contribution in [3.63, 3.8) is 0 Å². The molecule has 2 N–H and O–H groups in total. The Morgan fingerprint density at radius 1 is 0.721 bits per heavy atom. The molecule has 4 rings (SSSR count). The standard InChI is InChI=1S/C35H32N2O6/c1-4-43-31-15-9-8-13-27(31)23-29(37-34(39)26-11-6-5-7-12-26)35(40)36-28-20-17-24(18-21-28)30(38)22-19-25-14-10-16-32(41-2)33(25)42-3/h5-23H,4H2,1-3H3,(H,36,40)(H,37,39)/b22-19+,29-23-. The van der Waals surface area contributed by atoms with Crippen molar-refractivity contribution in [3.05, 3.63) is 131 Å². The Bertz CT molecular complexity index is 1640. The molecular weight excluding hydrogens is 544 g/mol. The fourth-order valence-corrected chi connectivity index (χ4v) is 4.21. The molecule has 4 aromatic rings. The molecule has 0 radical (unpaired) electrons. The summed E-state index contributed by atoms with van der Waals surface area (Å²) in [6.07, 6.45) is 4.67. The van der Waals surface area contributed by atoms with Crippen molar-refractivity contribution in [3.8, 4) is 17.2 Å². The summed E-state index contributed by atoms with van der Waals surface area (Å²) < 4.78 is 16.4. The lowest BCUT2D eigenvalue weighted by Gasteiger charge is -2.13. The lowest BCUT2D eigenvalue weighted by Crippen LogP contribution is -2.30. The molecule has 0 saturated heterocycles. The first-order valence-corrected chi connectivity index (χ1v) is 13.6. The van der Waals surface area contributed by atoms with E-state index < -0.39 is 11.8 Å². The molecule has 4 aromatic carbocycles. The highest BCUT2D eigenvalue weighted by Crippen LogP contribution is 2.31. The minimum Gasteiger partial charge on any atom is -0.493 e. The number of ether oxygens (including phenoxy) is 3. The van der Waals surface area contributed by atoms with Crippen molar-refractivity contribution in [1.82, 2.24) is 5.32 Å². The number of amides is 2. The van der Waals surface area contributed by atoms with Gasteiger partial charge in [-0.3, -0.25) is 14.4 Å². The number of nitrogens with one attached hydrogen (secondary N) is 2. The highest BCUT2D eigenvalue weighted by Gasteiger charge is 2.16. The van der Waals surface area contributed by atoms with Gasteiger partial charge >= 0.3 is 0 Å². The molecule has 0 fully saturated rings. The number of hydrogen-bond donors (Lipinski definition) is 2. The van der Waals surface area contributed by atoms with Gasteiger partial charge < -0.3 is 24.8 Å². The Kier molecular flexibility index (Phi) is 10.5. The van der Waals surface area contributed by atoms with Gasteiger partial charge in [0, 0.05) is 27.9 Å². The zero-order chi connectivity index (χ0) is 30.6. The Balaban J connectivity index is 1.53. The molecule has 8 heteroatoms. The topological polar surface area (TPSA) is 103 Å². The lowest BCUT2D eigenvalue weighted by atomic mass is 10.1. The number of ketones is 1. The summed E-state index contributed by atoms with van der Waals surface area (Å²) in [5.41, 5.74) is 2.62. The van der Waals surface area contributed by atoms with E-state index in [0.717, 1.165) is 0 Å². The fourth-order valence-electron chi connectivity index (χ4n) is 4.21. The molecule has 43 heavy (non-hydrogen) atoms. The normalized spacial score (nSPS) is 11.1. The molecular formula is C35H32N2O6. The number of anilines is 1. The molecule has 0 atom stereocenters. The summed E-state index contributed by atoms with van der Waals surface area (Å²) in [6, 6.07) is 27.7. The van der Waals surface area contributed by atoms with Crippen molar-refractivity contribution in [2.75, 3.05) is 26.1 Å². The van der Waals surface area contributed by atoms with Crippen LogP contribution in [0.3, 0.4) is 0 Å². The summed E-state index contributed by atoms with van der Waals surface area (Å²) in [5.74, 6) is 0.458. The number of hydrogen-bond acceptors (Lipinski definition) is 6. The van der Waals surface area contributed by atoms with Gasteiger partial charge in [-0.25, -0.2) is 0 Å². The molecule has 218 valence electrons. The Hall–Kier alpha value is -5.63. The van der Waals surface area contributed by atoms with Crippen LogP contribution in [-0.4, -0.2) is 38.4 Å². The van der Waals surface area contributed by atoms with Crippen LogP contribution in [-0.2, 0) is 4.79 Å².